The van der Waals surface area contributed by atoms with Crippen LogP contribution in [-0.4, -0.2) is 32.9 Å². The van der Waals surface area contributed by atoms with Gasteiger partial charge in [-0.15, -0.1) is 0 Å². The molecule has 170 valence electrons. The average molecular weight is 449 g/mol. The van der Waals surface area contributed by atoms with Crippen LogP contribution in [-0.2, 0) is 36.6 Å². The molecule has 0 atom stereocenters. The average Bonchev–Trinajstić information content (AvgIpc) is 2.98. The first-order valence-corrected chi connectivity index (χ1v) is 9.45. The number of benzene rings is 1. The molecule has 0 aliphatic carbocycles. The minimum atomic E-state index is -4.69. The lowest BCUT2D eigenvalue weighted by molar-refractivity contribution is -0.142. The Balaban J connectivity index is 1.91. The van der Waals surface area contributed by atoms with Crippen LogP contribution in [0.3, 0.4) is 0 Å². The van der Waals surface area contributed by atoms with Gasteiger partial charge in [0.1, 0.15) is 5.60 Å². The molecule has 1 aromatic heterocycles. The smallest absolute Gasteiger partial charge is 0.435 e. The summed E-state index contributed by atoms with van der Waals surface area (Å²) in [5.74, 6) is 0. The lowest BCUT2D eigenvalue weighted by atomic mass is 10.0. The van der Waals surface area contributed by atoms with E-state index >= 15 is 0 Å². The molecular weight excluding hydrogens is 428 g/mol. The first-order chi connectivity index (χ1) is 14.1. The summed E-state index contributed by atoms with van der Waals surface area (Å²) in [5, 5.41) is 3.69. The molecule has 0 saturated heterocycles. The Kier molecular flexibility index (Phi) is 5.74. The molecule has 1 aromatic carbocycles. The van der Waals surface area contributed by atoms with E-state index in [9.17, 15) is 31.1 Å². The second-order valence-electron chi connectivity index (χ2n) is 8.28. The molecule has 0 fully saturated rings. The topological polar surface area (TPSA) is 47.4 Å². The van der Waals surface area contributed by atoms with Gasteiger partial charge in [-0.1, -0.05) is 12.1 Å². The van der Waals surface area contributed by atoms with Crippen molar-refractivity contribution in [1.82, 2.24) is 14.7 Å². The van der Waals surface area contributed by atoms with Crippen molar-refractivity contribution in [2.45, 2.75) is 58.2 Å². The first kappa shape index (κ1) is 23.0. The highest BCUT2D eigenvalue weighted by Crippen LogP contribution is 2.36. The molecule has 0 unspecified atom stereocenters. The second kappa shape index (κ2) is 7.76. The highest BCUT2D eigenvalue weighted by molar-refractivity contribution is 5.68. The Morgan fingerprint density at radius 1 is 1.03 bits per heavy atom. The number of fused-ring (bicyclic) bond motifs is 1. The van der Waals surface area contributed by atoms with Crippen LogP contribution in [0.2, 0.25) is 0 Å². The molecular formula is C20H21F6N3O2. The zero-order valence-corrected chi connectivity index (χ0v) is 17.1. The Labute approximate surface area is 174 Å². The van der Waals surface area contributed by atoms with Crippen molar-refractivity contribution in [1.29, 1.82) is 0 Å². The molecule has 31 heavy (non-hydrogen) atoms. The van der Waals surface area contributed by atoms with E-state index in [1.807, 2.05) is 0 Å². The number of nitrogens with zero attached hydrogens (tertiary/aromatic N) is 3. The van der Waals surface area contributed by atoms with E-state index in [0.717, 1.165) is 16.8 Å². The molecule has 11 heteroatoms. The fourth-order valence-corrected chi connectivity index (χ4v) is 3.29. The summed E-state index contributed by atoms with van der Waals surface area (Å²) in [4.78, 5) is 13.7. The van der Waals surface area contributed by atoms with Gasteiger partial charge in [0.2, 0.25) is 0 Å². The van der Waals surface area contributed by atoms with Crippen molar-refractivity contribution in [3.8, 4) is 0 Å². The van der Waals surface area contributed by atoms with Gasteiger partial charge in [0, 0.05) is 12.1 Å². The number of rotatable bonds is 2. The Morgan fingerprint density at radius 2 is 1.65 bits per heavy atom. The summed E-state index contributed by atoms with van der Waals surface area (Å²) in [5.41, 5.74) is -2.15. The van der Waals surface area contributed by atoms with Crippen LogP contribution >= 0.6 is 0 Å². The van der Waals surface area contributed by atoms with Crippen LogP contribution < -0.4 is 0 Å². The van der Waals surface area contributed by atoms with Gasteiger partial charge in [0.05, 0.1) is 24.3 Å². The number of aromatic nitrogens is 2. The zero-order chi connectivity index (χ0) is 23.2. The molecule has 3 rings (SSSR count). The Hall–Kier alpha value is -2.72. The largest absolute Gasteiger partial charge is 0.444 e. The van der Waals surface area contributed by atoms with E-state index < -0.39 is 35.3 Å². The number of carbonyl (C=O) groups is 1. The molecule has 5 nitrogen and oxygen atoms in total. The van der Waals surface area contributed by atoms with Crippen molar-refractivity contribution in [2.75, 3.05) is 6.54 Å². The van der Waals surface area contributed by atoms with Gasteiger partial charge >= 0.3 is 18.4 Å². The van der Waals surface area contributed by atoms with Crippen LogP contribution in [0.1, 0.15) is 48.8 Å². The van der Waals surface area contributed by atoms with E-state index in [2.05, 4.69) is 5.10 Å². The van der Waals surface area contributed by atoms with Crippen LogP contribution in [0.5, 0.6) is 0 Å². The third kappa shape index (κ3) is 5.31. The molecule has 2 aromatic rings. The number of hydrogen-bond acceptors (Lipinski definition) is 3. The number of alkyl halides is 6. The summed E-state index contributed by atoms with van der Waals surface area (Å²) in [7, 11) is 0. The first-order valence-electron chi connectivity index (χ1n) is 9.45. The third-order valence-electron chi connectivity index (χ3n) is 4.67. The Morgan fingerprint density at radius 3 is 2.16 bits per heavy atom. The van der Waals surface area contributed by atoms with Gasteiger partial charge < -0.3 is 9.64 Å². The maximum absolute atomic E-state index is 13.5. The van der Waals surface area contributed by atoms with Crippen LogP contribution in [0.25, 0.3) is 0 Å². The molecule has 1 aliphatic rings. The zero-order valence-electron chi connectivity index (χ0n) is 17.1. The number of amides is 1. The molecule has 1 aliphatic heterocycles. The molecule has 2 heterocycles. The molecule has 0 saturated carbocycles. The lowest BCUT2D eigenvalue weighted by Crippen LogP contribution is -2.40. The quantitative estimate of drug-likeness (QED) is 0.588. The standard InChI is InChI=1S/C20H21F6N3O2/c1-18(2,3)31-17(30)28-9-8-14-15(11-28)29(27-16(14)20(24,25)26)10-12-4-6-13(7-5-12)19(21,22)23/h4-7H,8-11H2,1-3H3. The Bertz CT molecular complexity index is 956. The van der Waals surface area contributed by atoms with Crippen LogP contribution in [0.15, 0.2) is 24.3 Å². The fourth-order valence-electron chi connectivity index (χ4n) is 3.29. The minimum absolute atomic E-state index is 0.0146. The summed E-state index contributed by atoms with van der Waals surface area (Å²) in [6.45, 7) is 4.76. The molecule has 0 spiro atoms. The number of halogens is 6. The molecule has 0 bridgehead atoms. The van der Waals surface area contributed by atoms with E-state index in [-0.39, 0.29) is 37.3 Å². The summed E-state index contributed by atoms with van der Waals surface area (Å²) in [6, 6.07) is 4.11. The van der Waals surface area contributed by atoms with Gasteiger partial charge in [0.15, 0.2) is 5.69 Å². The highest BCUT2D eigenvalue weighted by Gasteiger charge is 2.41. The van der Waals surface area contributed by atoms with Gasteiger partial charge in [-0.05, 0) is 44.9 Å². The van der Waals surface area contributed by atoms with E-state index in [1.165, 1.54) is 17.0 Å². The summed E-state index contributed by atoms with van der Waals surface area (Å²) >= 11 is 0. The highest BCUT2D eigenvalue weighted by atomic mass is 19.4. The fraction of sp³-hybridized carbons (Fsp3) is 0.500. The second-order valence-corrected chi connectivity index (χ2v) is 8.28. The predicted molar refractivity (Wildman–Crippen MR) is 98.1 cm³/mol. The monoisotopic (exact) mass is 449 g/mol. The maximum atomic E-state index is 13.5. The van der Waals surface area contributed by atoms with Gasteiger partial charge in [-0.2, -0.15) is 31.4 Å². The number of carbonyl (C=O) groups excluding carboxylic acids is 1. The van der Waals surface area contributed by atoms with Gasteiger partial charge in [-0.25, -0.2) is 4.79 Å². The van der Waals surface area contributed by atoms with Crippen molar-refractivity contribution < 1.29 is 35.9 Å². The van der Waals surface area contributed by atoms with Gasteiger partial charge in [-0.3, -0.25) is 4.68 Å². The minimum Gasteiger partial charge on any atom is -0.444 e. The van der Waals surface area contributed by atoms with Crippen molar-refractivity contribution in [3.05, 3.63) is 52.3 Å². The van der Waals surface area contributed by atoms with Crippen molar-refractivity contribution >= 4 is 6.09 Å². The molecule has 0 N–H and O–H groups in total. The normalized spacial score (nSPS) is 15.1. The van der Waals surface area contributed by atoms with Gasteiger partial charge in [0.25, 0.3) is 0 Å². The van der Waals surface area contributed by atoms with Crippen LogP contribution in [0.4, 0.5) is 31.1 Å². The predicted octanol–water partition coefficient (Wildman–Crippen LogP) is 5.26. The molecule has 1 amide bonds. The van der Waals surface area contributed by atoms with E-state index in [1.54, 1.807) is 20.8 Å². The maximum Gasteiger partial charge on any atom is 0.435 e. The van der Waals surface area contributed by atoms with E-state index in [4.69, 9.17) is 4.74 Å². The van der Waals surface area contributed by atoms with Crippen molar-refractivity contribution in [3.63, 3.8) is 0 Å². The number of ether oxygens (including phenoxy) is 1. The lowest BCUT2D eigenvalue weighted by Gasteiger charge is -2.30. The summed E-state index contributed by atoms with van der Waals surface area (Å²) in [6.07, 6.45) is -9.92. The SMILES string of the molecule is CC(C)(C)OC(=O)N1CCc2c(C(F)(F)F)nn(Cc3ccc(C(F)(F)F)cc3)c2C1. The van der Waals surface area contributed by atoms with E-state index in [0.29, 0.717) is 5.56 Å². The van der Waals surface area contributed by atoms with Crippen molar-refractivity contribution in [2.24, 2.45) is 0 Å². The summed E-state index contributed by atoms with van der Waals surface area (Å²) < 4.78 is 85.1. The number of hydrogen-bond donors (Lipinski definition) is 0. The van der Waals surface area contributed by atoms with Crippen LogP contribution in [0, 0.1) is 0 Å². The molecule has 0 radical (unpaired) electrons. The third-order valence-corrected chi connectivity index (χ3v) is 4.67.